The predicted octanol–water partition coefficient (Wildman–Crippen LogP) is 13.7. The van der Waals surface area contributed by atoms with Gasteiger partial charge < -0.3 is 0 Å². The number of halogens is 3. The zero-order chi connectivity index (χ0) is 32.6. The minimum Gasteiger partial charge on any atom is -0.295 e. The molecule has 0 fully saturated rings. The number of aryl methyl sites for hydroxylation is 1. The van der Waals surface area contributed by atoms with Gasteiger partial charge in [-0.3, -0.25) is 4.79 Å². The van der Waals surface area contributed by atoms with Crippen molar-refractivity contribution in [3.05, 3.63) is 46.5 Å². The molecule has 42 heavy (non-hydrogen) atoms. The maximum absolute atomic E-state index is 13.8. The molecule has 0 aromatic heterocycles. The van der Waals surface area contributed by atoms with Crippen molar-refractivity contribution in [2.75, 3.05) is 0 Å². The van der Waals surface area contributed by atoms with Crippen LogP contribution in [-0.4, -0.2) is 12.0 Å². The van der Waals surface area contributed by atoms with Crippen LogP contribution in [0.4, 0.5) is 13.2 Å². The van der Waals surface area contributed by atoms with Crippen molar-refractivity contribution in [2.45, 2.75) is 172 Å². The molecule has 1 unspecified atom stereocenters. The number of ketones is 1. The van der Waals surface area contributed by atoms with E-state index >= 15 is 0 Å². The normalized spacial score (nSPS) is 12.9. The molecular weight excluding hydrogens is 529 g/mol. The molecule has 1 aromatic rings. The fraction of sp³-hybridized carbons (Fsp3) is 0.711. The van der Waals surface area contributed by atoms with Gasteiger partial charge in [-0.05, 0) is 74.3 Å². The van der Waals surface area contributed by atoms with E-state index in [1.165, 1.54) is 70.6 Å². The Hall–Kier alpha value is -1.84. The van der Waals surface area contributed by atoms with Crippen molar-refractivity contribution >= 4 is 16.9 Å². The molecule has 1 atom stereocenters. The van der Waals surface area contributed by atoms with E-state index < -0.39 is 17.5 Å². The SMILES string of the molecule is CC.CCCCCCCCCCCC(C)CC.CCCCc1cccc(/C(C)=C(\C)CC)c1/C(=C\C(C)=O)C(F)(F)F. The highest BCUT2D eigenvalue weighted by Gasteiger charge is 2.37. The highest BCUT2D eigenvalue weighted by molar-refractivity contribution is 5.98. The molecule has 0 spiro atoms. The Kier molecular flexibility index (Phi) is 25.8. The number of hydrogen-bond donors (Lipinski definition) is 0. The summed E-state index contributed by atoms with van der Waals surface area (Å²) in [5.74, 6) is 0.354. The number of unbranched alkanes of at least 4 members (excludes halogenated alkanes) is 9. The number of benzene rings is 1. The lowest BCUT2D eigenvalue weighted by Gasteiger charge is -2.21. The van der Waals surface area contributed by atoms with Crippen LogP contribution in [0.3, 0.4) is 0 Å². The van der Waals surface area contributed by atoms with Crippen LogP contribution in [0, 0.1) is 5.92 Å². The van der Waals surface area contributed by atoms with Crippen molar-refractivity contribution in [1.29, 1.82) is 0 Å². The summed E-state index contributed by atoms with van der Waals surface area (Å²) in [4.78, 5) is 11.5. The van der Waals surface area contributed by atoms with Crippen LogP contribution in [0.15, 0.2) is 29.8 Å². The number of carbonyl (C=O) groups excluding carboxylic acids is 1. The molecule has 4 heteroatoms. The van der Waals surface area contributed by atoms with Crippen LogP contribution in [0.2, 0.25) is 0 Å². The first-order valence-electron chi connectivity index (χ1n) is 17.0. The van der Waals surface area contributed by atoms with E-state index in [0.29, 0.717) is 17.5 Å². The average Bonchev–Trinajstić information content (AvgIpc) is 2.97. The third-order valence-electron chi connectivity index (χ3n) is 7.94. The lowest BCUT2D eigenvalue weighted by atomic mass is 9.86. The van der Waals surface area contributed by atoms with Gasteiger partial charge in [0.25, 0.3) is 0 Å². The highest BCUT2D eigenvalue weighted by atomic mass is 19.4. The van der Waals surface area contributed by atoms with Gasteiger partial charge in [-0.25, -0.2) is 0 Å². The standard InChI is InChI=1S/C21H27F3O.C15H32.C2H6/c1-6-8-10-17-11-9-12-18(16(5)14(3)7-2)20(17)19(13-15(4)25)21(22,23)24;1-4-6-7-8-9-10-11-12-13-14-15(3)5-2;1-2/h9,11-13H,6-8,10H2,1-5H3;15H,4-14H2,1-3H3;1-2H3/b16-14+,19-13+;;. The van der Waals surface area contributed by atoms with Crippen molar-refractivity contribution in [1.82, 2.24) is 0 Å². The monoisotopic (exact) mass is 594 g/mol. The molecule has 0 saturated carbocycles. The lowest BCUT2D eigenvalue weighted by Crippen LogP contribution is -2.15. The van der Waals surface area contributed by atoms with Crippen molar-refractivity contribution in [3.8, 4) is 0 Å². The summed E-state index contributed by atoms with van der Waals surface area (Å²) >= 11 is 0. The maximum Gasteiger partial charge on any atom is 0.417 e. The summed E-state index contributed by atoms with van der Waals surface area (Å²) in [6.07, 6.45) is 15.1. The first kappa shape index (κ1) is 42.3. The molecule has 0 radical (unpaired) electrons. The maximum atomic E-state index is 13.8. The average molecular weight is 595 g/mol. The van der Waals surface area contributed by atoms with Gasteiger partial charge in [0.2, 0.25) is 0 Å². The van der Waals surface area contributed by atoms with Crippen molar-refractivity contribution in [3.63, 3.8) is 0 Å². The molecule has 0 saturated heterocycles. The second-order valence-electron chi connectivity index (χ2n) is 11.5. The predicted molar refractivity (Wildman–Crippen MR) is 181 cm³/mol. The Labute approximate surface area is 258 Å². The van der Waals surface area contributed by atoms with Gasteiger partial charge in [0.15, 0.2) is 5.78 Å². The second kappa shape index (κ2) is 25.6. The second-order valence-corrected chi connectivity index (χ2v) is 11.5. The smallest absolute Gasteiger partial charge is 0.295 e. The molecule has 244 valence electrons. The minimum absolute atomic E-state index is 0.156. The fourth-order valence-corrected chi connectivity index (χ4v) is 4.81. The van der Waals surface area contributed by atoms with E-state index in [1.54, 1.807) is 18.2 Å². The molecular formula is C38H65F3O. The van der Waals surface area contributed by atoms with Gasteiger partial charge in [-0.1, -0.05) is 149 Å². The quantitative estimate of drug-likeness (QED) is 0.122. The Morgan fingerprint density at radius 3 is 1.79 bits per heavy atom. The van der Waals surface area contributed by atoms with Crippen molar-refractivity contribution < 1.29 is 18.0 Å². The highest BCUT2D eigenvalue weighted by Crippen LogP contribution is 2.40. The zero-order valence-corrected chi connectivity index (χ0v) is 29.0. The molecule has 0 bridgehead atoms. The summed E-state index contributed by atoms with van der Waals surface area (Å²) in [6, 6.07) is 5.26. The third kappa shape index (κ3) is 18.6. The number of hydrogen-bond acceptors (Lipinski definition) is 1. The van der Waals surface area contributed by atoms with Crippen LogP contribution in [0.5, 0.6) is 0 Å². The van der Waals surface area contributed by atoms with Gasteiger partial charge in [0, 0.05) is 0 Å². The summed E-state index contributed by atoms with van der Waals surface area (Å²) in [7, 11) is 0. The molecule has 0 aliphatic carbocycles. The van der Waals surface area contributed by atoms with E-state index in [9.17, 15) is 18.0 Å². The first-order chi connectivity index (χ1) is 19.9. The Morgan fingerprint density at radius 1 is 0.810 bits per heavy atom. The summed E-state index contributed by atoms with van der Waals surface area (Å²) in [6.45, 7) is 19.9. The number of allylic oxidation sites excluding steroid dienone is 4. The lowest BCUT2D eigenvalue weighted by molar-refractivity contribution is -0.113. The molecule has 0 aliphatic rings. The van der Waals surface area contributed by atoms with E-state index in [1.807, 2.05) is 41.5 Å². The first-order valence-corrected chi connectivity index (χ1v) is 17.0. The van der Waals surface area contributed by atoms with E-state index in [4.69, 9.17) is 0 Å². The van der Waals surface area contributed by atoms with Gasteiger partial charge in [0.1, 0.15) is 0 Å². The Bertz CT molecular complexity index is 892. The van der Waals surface area contributed by atoms with Gasteiger partial charge in [-0.2, -0.15) is 13.2 Å². The number of alkyl halides is 3. The number of carbonyl (C=O) groups is 1. The topological polar surface area (TPSA) is 17.1 Å². The fourth-order valence-electron chi connectivity index (χ4n) is 4.81. The van der Waals surface area contributed by atoms with E-state index in [-0.39, 0.29) is 5.56 Å². The molecule has 0 aliphatic heterocycles. The van der Waals surface area contributed by atoms with Crippen LogP contribution >= 0.6 is 0 Å². The third-order valence-corrected chi connectivity index (χ3v) is 7.94. The van der Waals surface area contributed by atoms with Crippen LogP contribution in [-0.2, 0) is 11.2 Å². The molecule has 0 N–H and O–H groups in total. The van der Waals surface area contributed by atoms with Crippen LogP contribution in [0.25, 0.3) is 11.1 Å². The zero-order valence-electron chi connectivity index (χ0n) is 29.0. The molecule has 0 heterocycles. The summed E-state index contributed by atoms with van der Waals surface area (Å²) in [5.41, 5.74) is 2.41. The Balaban J connectivity index is 0. The Morgan fingerprint density at radius 2 is 1.33 bits per heavy atom. The van der Waals surface area contributed by atoms with Crippen molar-refractivity contribution in [2.24, 2.45) is 5.92 Å². The summed E-state index contributed by atoms with van der Waals surface area (Å²) in [5, 5.41) is 0. The van der Waals surface area contributed by atoms with Gasteiger partial charge >= 0.3 is 6.18 Å². The van der Waals surface area contributed by atoms with Crippen LogP contribution in [0.1, 0.15) is 176 Å². The van der Waals surface area contributed by atoms with E-state index in [0.717, 1.165) is 49.3 Å². The molecule has 0 amide bonds. The largest absolute Gasteiger partial charge is 0.417 e. The van der Waals surface area contributed by atoms with Gasteiger partial charge in [0.05, 0.1) is 5.57 Å². The molecule has 1 nitrogen and oxygen atoms in total. The van der Waals surface area contributed by atoms with E-state index in [2.05, 4.69) is 20.8 Å². The molecule has 1 rings (SSSR count). The molecule has 1 aromatic carbocycles. The van der Waals surface area contributed by atoms with Crippen LogP contribution < -0.4 is 0 Å². The number of rotatable bonds is 18. The summed E-state index contributed by atoms with van der Waals surface area (Å²) < 4.78 is 41.3. The minimum atomic E-state index is -4.58. The van der Waals surface area contributed by atoms with Gasteiger partial charge in [-0.15, -0.1) is 0 Å².